The van der Waals surface area contributed by atoms with Crippen molar-refractivity contribution in [3.8, 4) is 0 Å². The van der Waals surface area contributed by atoms with Gasteiger partial charge in [0.1, 0.15) is 0 Å². The molecule has 0 fully saturated rings. The fraction of sp³-hybridized carbons (Fsp3) is 0.824. The van der Waals surface area contributed by atoms with Crippen LogP contribution in [-0.2, 0) is 19.0 Å². The van der Waals surface area contributed by atoms with E-state index in [0.29, 0.717) is 44.8 Å². The van der Waals surface area contributed by atoms with Crippen LogP contribution in [0, 0.1) is 0 Å². The summed E-state index contributed by atoms with van der Waals surface area (Å²) in [6.07, 6.45) is 3.58. The number of rotatable bonds is 14. The second kappa shape index (κ2) is 21.0. The number of esters is 1. The quantitative estimate of drug-likeness (QED) is 0.193. The lowest BCUT2D eigenvalue weighted by atomic mass is 10.1. The zero-order chi connectivity index (χ0) is 19.3. The van der Waals surface area contributed by atoms with Gasteiger partial charge in [0, 0.05) is 25.4 Å². The molecule has 0 rings (SSSR count). The maximum Gasteiger partial charge on any atom is 0.333 e. The minimum absolute atomic E-state index is 0.0438. The van der Waals surface area contributed by atoms with Crippen LogP contribution in [0.1, 0.15) is 32.6 Å². The molecule has 0 aromatic heterocycles. The average Bonchev–Trinajstić information content (AvgIpc) is 2.62. The molecular weight excluding hydrogens is 332 g/mol. The molecule has 0 aromatic carbocycles. The van der Waals surface area contributed by atoms with E-state index in [9.17, 15) is 9.90 Å². The topological polar surface area (TPSA) is 126 Å². The van der Waals surface area contributed by atoms with Gasteiger partial charge >= 0.3 is 5.97 Å². The molecule has 0 saturated heterocycles. The van der Waals surface area contributed by atoms with Crippen LogP contribution >= 0.6 is 0 Å². The average molecular weight is 366 g/mol. The van der Waals surface area contributed by atoms with Gasteiger partial charge in [-0.1, -0.05) is 0 Å². The first-order chi connectivity index (χ1) is 12.0. The molecule has 25 heavy (non-hydrogen) atoms. The van der Waals surface area contributed by atoms with Crippen molar-refractivity contribution in [1.29, 1.82) is 0 Å². The second-order valence-electron chi connectivity index (χ2n) is 5.15. The van der Waals surface area contributed by atoms with E-state index >= 15 is 0 Å². The fourth-order valence-electron chi connectivity index (χ4n) is 1.64. The van der Waals surface area contributed by atoms with Crippen molar-refractivity contribution in [2.45, 2.75) is 38.7 Å². The molecule has 0 aliphatic carbocycles. The van der Waals surface area contributed by atoms with Crippen LogP contribution in [0.4, 0.5) is 0 Å². The molecule has 1 atom stereocenters. The Morgan fingerprint density at radius 2 is 1.44 bits per heavy atom. The van der Waals surface area contributed by atoms with Gasteiger partial charge in [0.25, 0.3) is 0 Å². The maximum absolute atomic E-state index is 10.9. The van der Waals surface area contributed by atoms with Crippen molar-refractivity contribution in [3.05, 3.63) is 11.6 Å². The number of aliphatic hydroxyl groups excluding tert-OH is 4. The molecule has 0 amide bonds. The highest BCUT2D eigenvalue weighted by molar-refractivity contribution is 5.87. The molecule has 4 N–H and O–H groups in total. The highest BCUT2D eigenvalue weighted by atomic mass is 16.5. The van der Waals surface area contributed by atoms with Gasteiger partial charge in [-0.25, -0.2) is 4.79 Å². The summed E-state index contributed by atoms with van der Waals surface area (Å²) in [6, 6.07) is 0. The lowest BCUT2D eigenvalue weighted by Crippen LogP contribution is -2.08. The molecule has 8 heteroatoms. The largest absolute Gasteiger partial charge is 0.466 e. The summed E-state index contributed by atoms with van der Waals surface area (Å²) < 4.78 is 14.5. The zero-order valence-corrected chi connectivity index (χ0v) is 15.4. The standard InChI is InChI=1S/C9H16O4.C8H18O4/c1-7(9(12)13-2)6-8(11)4-3-5-10;9-3-7-11-5-1-2-6-12-8-4-10/h6,8,10-11H,3-5H2,1-2H3;9-10H,1-8H2. The van der Waals surface area contributed by atoms with Crippen molar-refractivity contribution in [1.82, 2.24) is 0 Å². The van der Waals surface area contributed by atoms with E-state index in [-0.39, 0.29) is 19.8 Å². The number of ether oxygens (including phenoxy) is 3. The van der Waals surface area contributed by atoms with Crippen molar-refractivity contribution in [2.24, 2.45) is 0 Å². The Kier molecular flexibility index (Phi) is 22.0. The number of aliphatic hydroxyl groups is 4. The predicted molar refractivity (Wildman–Crippen MR) is 93.1 cm³/mol. The van der Waals surface area contributed by atoms with Crippen LogP contribution in [0.25, 0.3) is 0 Å². The molecule has 0 spiro atoms. The Morgan fingerprint density at radius 3 is 1.84 bits per heavy atom. The lowest BCUT2D eigenvalue weighted by Gasteiger charge is -2.05. The highest BCUT2D eigenvalue weighted by Gasteiger charge is 2.06. The summed E-state index contributed by atoms with van der Waals surface area (Å²) in [7, 11) is 1.29. The number of hydrogen-bond donors (Lipinski definition) is 4. The lowest BCUT2D eigenvalue weighted by molar-refractivity contribution is -0.136. The van der Waals surface area contributed by atoms with E-state index in [1.165, 1.54) is 13.2 Å². The molecule has 0 saturated carbocycles. The highest BCUT2D eigenvalue weighted by Crippen LogP contribution is 2.03. The molecule has 0 aliphatic rings. The monoisotopic (exact) mass is 366 g/mol. The summed E-state index contributed by atoms with van der Waals surface area (Å²) >= 11 is 0. The van der Waals surface area contributed by atoms with Crippen LogP contribution in [0.5, 0.6) is 0 Å². The van der Waals surface area contributed by atoms with Gasteiger partial charge in [0.2, 0.25) is 0 Å². The zero-order valence-electron chi connectivity index (χ0n) is 15.4. The van der Waals surface area contributed by atoms with Gasteiger partial charge in [-0.15, -0.1) is 0 Å². The van der Waals surface area contributed by atoms with Gasteiger partial charge in [0.15, 0.2) is 0 Å². The molecule has 150 valence electrons. The third kappa shape index (κ3) is 20.9. The molecular formula is C17H34O8. The Bertz CT molecular complexity index is 310. The third-order valence-corrected chi connectivity index (χ3v) is 2.91. The number of unbranched alkanes of at least 4 members (excludes halogenated alkanes) is 1. The second-order valence-corrected chi connectivity index (χ2v) is 5.15. The minimum Gasteiger partial charge on any atom is -0.466 e. The normalized spacial score (nSPS) is 12.3. The summed E-state index contributed by atoms with van der Waals surface area (Å²) in [5.41, 5.74) is 0.382. The van der Waals surface area contributed by atoms with Crippen LogP contribution in [0.3, 0.4) is 0 Å². The molecule has 8 nitrogen and oxygen atoms in total. The summed E-state index contributed by atoms with van der Waals surface area (Å²) in [6.45, 7) is 3.96. The SMILES string of the molecule is COC(=O)C(C)=CC(O)CCCO.OCCOCCCCOCCO. The van der Waals surface area contributed by atoms with Gasteiger partial charge in [-0.2, -0.15) is 0 Å². The molecule has 0 radical (unpaired) electrons. The van der Waals surface area contributed by atoms with E-state index in [4.69, 9.17) is 24.8 Å². The molecule has 0 bridgehead atoms. The first-order valence-corrected chi connectivity index (χ1v) is 8.46. The summed E-state index contributed by atoms with van der Waals surface area (Å²) in [4.78, 5) is 10.9. The Labute approximate surface area is 150 Å². The van der Waals surface area contributed by atoms with E-state index in [2.05, 4.69) is 4.74 Å². The number of carbonyl (C=O) groups excluding carboxylic acids is 1. The van der Waals surface area contributed by atoms with Crippen LogP contribution in [-0.4, -0.2) is 85.9 Å². The van der Waals surface area contributed by atoms with Gasteiger partial charge in [-0.3, -0.25) is 0 Å². The number of carbonyl (C=O) groups is 1. The molecule has 1 unspecified atom stereocenters. The Morgan fingerprint density at radius 1 is 0.920 bits per heavy atom. The van der Waals surface area contributed by atoms with Crippen molar-refractivity contribution < 1.29 is 39.4 Å². The van der Waals surface area contributed by atoms with E-state index in [0.717, 1.165) is 12.8 Å². The van der Waals surface area contributed by atoms with Gasteiger partial charge < -0.3 is 34.6 Å². The Balaban J connectivity index is 0. The Hall–Kier alpha value is -1.03. The van der Waals surface area contributed by atoms with Crippen LogP contribution in [0.2, 0.25) is 0 Å². The number of hydrogen-bond acceptors (Lipinski definition) is 8. The maximum atomic E-state index is 10.9. The van der Waals surface area contributed by atoms with E-state index < -0.39 is 12.1 Å². The first-order valence-electron chi connectivity index (χ1n) is 8.46. The smallest absolute Gasteiger partial charge is 0.333 e. The van der Waals surface area contributed by atoms with Crippen molar-refractivity contribution in [3.63, 3.8) is 0 Å². The molecule has 0 heterocycles. The van der Waals surface area contributed by atoms with Crippen molar-refractivity contribution in [2.75, 3.05) is 53.4 Å². The van der Waals surface area contributed by atoms with Crippen molar-refractivity contribution >= 4 is 5.97 Å². The molecule has 0 aliphatic heterocycles. The summed E-state index contributed by atoms with van der Waals surface area (Å²) in [5.74, 6) is -0.442. The van der Waals surface area contributed by atoms with Crippen LogP contribution in [0.15, 0.2) is 11.6 Å². The van der Waals surface area contributed by atoms with Gasteiger partial charge in [-0.05, 0) is 38.7 Å². The van der Waals surface area contributed by atoms with E-state index in [1.54, 1.807) is 6.92 Å². The summed E-state index contributed by atoms with van der Waals surface area (Å²) in [5, 5.41) is 34.5. The minimum atomic E-state index is -0.689. The van der Waals surface area contributed by atoms with Gasteiger partial charge in [0.05, 0.1) is 39.6 Å². The first kappa shape index (κ1) is 26.2. The number of methoxy groups -OCH3 is 1. The molecule has 0 aromatic rings. The predicted octanol–water partition coefficient (Wildman–Crippen LogP) is 0.0235. The third-order valence-electron chi connectivity index (χ3n) is 2.91. The van der Waals surface area contributed by atoms with E-state index in [1.807, 2.05) is 0 Å². The van der Waals surface area contributed by atoms with Crippen LogP contribution < -0.4 is 0 Å². The fourth-order valence-corrected chi connectivity index (χ4v) is 1.64.